The van der Waals surface area contributed by atoms with Gasteiger partial charge in [-0.1, -0.05) is 11.2 Å². The Morgan fingerprint density at radius 1 is 1.23 bits per heavy atom. The van der Waals surface area contributed by atoms with Crippen LogP contribution < -0.4 is 5.32 Å². The molecule has 1 saturated heterocycles. The maximum atomic E-state index is 13.1. The topological polar surface area (TPSA) is 105 Å². The van der Waals surface area contributed by atoms with Gasteiger partial charge in [0.2, 0.25) is 15.9 Å². The zero-order chi connectivity index (χ0) is 21.5. The fourth-order valence-electron chi connectivity index (χ4n) is 4.00. The summed E-state index contributed by atoms with van der Waals surface area (Å²) in [5, 5.41) is 7.60. The van der Waals surface area contributed by atoms with Gasteiger partial charge in [0.25, 0.3) is 0 Å². The van der Waals surface area contributed by atoms with E-state index in [1.807, 2.05) is 31.2 Å². The van der Waals surface area contributed by atoms with Crippen molar-refractivity contribution in [2.24, 2.45) is 5.92 Å². The van der Waals surface area contributed by atoms with Crippen molar-refractivity contribution in [1.82, 2.24) is 14.4 Å². The highest BCUT2D eigenvalue weighted by Crippen LogP contribution is 2.29. The molecule has 0 aliphatic carbocycles. The van der Waals surface area contributed by atoms with Gasteiger partial charge in [-0.25, -0.2) is 8.42 Å². The number of benzene rings is 1. The smallest absolute Gasteiger partial charge is 0.248 e. The third kappa shape index (κ3) is 3.59. The molecule has 30 heavy (non-hydrogen) atoms. The first-order valence-corrected chi connectivity index (χ1v) is 11.3. The van der Waals surface area contributed by atoms with Crippen LogP contribution in [0.4, 0.5) is 5.69 Å². The predicted molar refractivity (Wildman–Crippen MR) is 113 cm³/mol. The number of aryl methyl sites for hydroxylation is 3. The van der Waals surface area contributed by atoms with Crippen molar-refractivity contribution in [1.29, 1.82) is 0 Å². The number of carbonyl (C=O) groups excluding carboxylic acids is 1. The molecule has 3 aromatic rings. The third-order valence-corrected chi connectivity index (χ3v) is 7.66. The summed E-state index contributed by atoms with van der Waals surface area (Å²) in [5.74, 6) is -0.373. The van der Waals surface area contributed by atoms with Gasteiger partial charge in [-0.2, -0.15) is 4.31 Å². The van der Waals surface area contributed by atoms with Gasteiger partial charge in [-0.3, -0.25) is 9.78 Å². The average Bonchev–Trinajstić information content (AvgIpc) is 3.09. The molecule has 2 aromatic heterocycles. The first-order valence-electron chi connectivity index (χ1n) is 9.87. The van der Waals surface area contributed by atoms with Crippen molar-refractivity contribution >= 4 is 32.5 Å². The molecule has 8 nitrogen and oxygen atoms in total. The van der Waals surface area contributed by atoms with E-state index in [0.717, 1.165) is 16.5 Å². The van der Waals surface area contributed by atoms with Gasteiger partial charge in [-0.15, -0.1) is 0 Å². The van der Waals surface area contributed by atoms with E-state index in [9.17, 15) is 13.2 Å². The predicted octanol–water partition coefficient (Wildman–Crippen LogP) is 3.19. The zero-order valence-corrected chi connectivity index (χ0v) is 18.0. The van der Waals surface area contributed by atoms with Crippen LogP contribution >= 0.6 is 0 Å². The Bertz CT molecular complexity index is 1200. The van der Waals surface area contributed by atoms with Gasteiger partial charge in [0.15, 0.2) is 5.76 Å². The summed E-state index contributed by atoms with van der Waals surface area (Å²) < 4.78 is 32.6. The van der Waals surface area contributed by atoms with Crippen LogP contribution in [0.2, 0.25) is 0 Å². The first kappa shape index (κ1) is 20.5. The summed E-state index contributed by atoms with van der Waals surface area (Å²) in [5.41, 5.74) is 2.87. The second-order valence-electron chi connectivity index (χ2n) is 7.67. The van der Waals surface area contributed by atoms with Gasteiger partial charge in [-0.05, 0) is 57.4 Å². The summed E-state index contributed by atoms with van der Waals surface area (Å²) in [6.45, 7) is 5.65. The van der Waals surface area contributed by atoms with E-state index in [4.69, 9.17) is 4.52 Å². The molecule has 1 aromatic carbocycles. The summed E-state index contributed by atoms with van der Waals surface area (Å²) in [7, 11) is -3.77. The van der Waals surface area contributed by atoms with Crippen molar-refractivity contribution in [3.8, 4) is 0 Å². The molecule has 1 N–H and O–H groups in total. The van der Waals surface area contributed by atoms with Crippen molar-refractivity contribution in [2.45, 2.75) is 38.5 Å². The number of hydrogen-bond acceptors (Lipinski definition) is 6. The summed E-state index contributed by atoms with van der Waals surface area (Å²) in [4.78, 5) is 17.5. The molecule has 1 amide bonds. The monoisotopic (exact) mass is 428 g/mol. The Morgan fingerprint density at radius 2 is 2.03 bits per heavy atom. The average molecular weight is 429 g/mol. The molecule has 0 spiro atoms. The van der Waals surface area contributed by atoms with E-state index in [0.29, 0.717) is 30.8 Å². The largest absolute Gasteiger partial charge is 0.360 e. The highest BCUT2D eigenvalue weighted by molar-refractivity contribution is 7.89. The molecule has 158 valence electrons. The number of nitrogens with one attached hydrogen (secondary N) is 1. The summed E-state index contributed by atoms with van der Waals surface area (Å²) in [6, 6.07) is 7.52. The van der Waals surface area contributed by atoms with E-state index >= 15 is 0 Å². The maximum Gasteiger partial charge on any atom is 0.248 e. The second kappa shape index (κ2) is 7.81. The lowest BCUT2D eigenvalue weighted by Gasteiger charge is -2.31. The second-order valence-corrected chi connectivity index (χ2v) is 9.55. The minimum Gasteiger partial charge on any atom is -0.360 e. The molecular formula is C21H24N4O4S. The third-order valence-electron chi connectivity index (χ3n) is 5.55. The van der Waals surface area contributed by atoms with Crippen LogP contribution in [0.5, 0.6) is 0 Å². The molecule has 0 saturated carbocycles. The number of hydrogen-bond donors (Lipinski definition) is 1. The number of aromatic nitrogens is 2. The van der Waals surface area contributed by atoms with E-state index in [1.54, 1.807) is 20.0 Å². The quantitative estimate of drug-likeness (QED) is 0.684. The zero-order valence-electron chi connectivity index (χ0n) is 17.2. The minimum atomic E-state index is -3.77. The number of nitrogens with zero attached hydrogens (tertiary/aromatic N) is 3. The van der Waals surface area contributed by atoms with Crippen LogP contribution in [-0.4, -0.2) is 41.9 Å². The number of pyridine rings is 1. The summed E-state index contributed by atoms with van der Waals surface area (Å²) >= 11 is 0. The molecule has 0 bridgehead atoms. The molecule has 1 aliphatic heterocycles. The van der Waals surface area contributed by atoms with E-state index < -0.39 is 15.9 Å². The molecule has 1 unspecified atom stereocenters. The van der Waals surface area contributed by atoms with Crippen LogP contribution in [0.15, 0.2) is 39.9 Å². The Hall–Kier alpha value is -2.78. The molecule has 3 heterocycles. The van der Waals surface area contributed by atoms with Gasteiger partial charge in [0.05, 0.1) is 17.1 Å². The highest BCUT2D eigenvalue weighted by Gasteiger charge is 2.36. The molecular weight excluding hydrogens is 404 g/mol. The number of anilines is 1. The fourth-order valence-corrected chi connectivity index (χ4v) is 5.82. The van der Waals surface area contributed by atoms with Crippen molar-refractivity contribution in [3.63, 3.8) is 0 Å². The Morgan fingerprint density at radius 3 is 2.77 bits per heavy atom. The Balaban J connectivity index is 1.56. The number of piperidine rings is 1. The Labute approximate surface area is 175 Å². The lowest BCUT2D eigenvalue weighted by molar-refractivity contribution is -0.120. The fraction of sp³-hybridized carbons (Fsp3) is 0.381. The van der Waals surface area contributed by atoms with E-state index in [-0.39, 0.29) is 23.1 Å². The number of amides is 1. The number of rotatable bonds is 4. The standard InChI is InChI=1S/C21H24N4O4S/c1-13-8-9-18(17-7-4-10-22-19(13)17)23-21(26)16-6-5-11-25(12-16)30(27,28)20-14(2)24-29-15(20)3/h4,7-10,16H,5-6,11-12H2,1-3H3,(H,23,26). The summed E-state index contributed by atoms with van der Waals surface area (Å²) in [6.07, 6.45) is 2.96. The van der Waals surface area contributed by atoms with Crippen LogP contribution in [0.25, 0.3) is 10.9 Å². The SMILES string of the molecule is Cc1noc(C)c1S(=O)(=O)N1CCCC(C(=O)Nc2ccc(C)c3ncccc23)C1. The molecule has 1 aliphatic rings. The molecule has 4 rings (SSSR count). The molecule has 1 atom stereocenters. The number of sulfonamides is 1. The lowest BCUT2D eigenvalue weighted by Crippen LogP contribution is -2.43. The van der Waals surface area contributed by atoms with Gasteiger partial charge >= 0.3 is 0 Å². The van der Waals surface area contributed by atoms with Crippen molar-refractivity contribution in [3.05, 3.63) is 47.5 Å². The minimum absolute atomic E-state index is 0.0964. The van der Waals surface area contributed by atoms with E-state index in [2.05, 4.69) is 15.5 Å². The lowest BCUT2D eigenvalue weighted by atomic mass is 9.98. The van der Waals surface area contributed by atoms with Crippen molar-refractivity contribution < 1.29 is 17.7 Å². The number of carbonyl (C=O) groups is 1. The van der Waals surface area contributed by atoms with Gasteiger partial charge in [0, 0.05) is 24.7 Å². The normalized spacial score (nSPS) is 17.9. The van der Waals surface area contributed by atoms with Gasteiger partial charge in [0.1, 0.15) is 10.6 Å². The van der Waals surface area contributed by atoms with E-state index in [1.165, 1.54) is 4.31 Å². The van der Waals surface area contributed by atoms with Crippen LogP contribution in [-0.2, 0) is 14.8 Å². The van der Waals surface area contributed by atoms with Crippen LogP contribution in [0, 0.1) is 26.7 Å². The van der Waals surface area contributed by atoms with Gasteiger partial charge < -0.3 is 9.84 Å². The number of fused-ring (bicyclic) bond motifs is 1. The highest BCUT2D eigenvalue weighted by atomic mass is 32.2. The maximum absolute atomic E-state index is 13.1. The molecule has 9 heteroatoms. The van der Waals surface area contributed by atoms with Crippen LogP contribution in [0.1, 0.15) is 29.9 Å². The van der Waals surface area contributed by atoms with Crippen molar-refractivity contribution in [2.75, 3.05) is 18.4 Å². The molecule has 1 fully saturated rings. The first-order chi connectivity index (χ1) is 14.3. The molecule has 0 radical (unpaired) electrons. The van der Waals surface area contributed by atoms with Crippen LogP contribution in [0.3, 0.4) is 0 Å². The Kier molecular flexibility index (Phi) is 5.33.